The van der Waals surface area contributed by atoms with Crippen molar-refractivity contribution in [1.82, 2.24) is 0 Å². The zero-order valence-electron chi connectivity index (χ0n) is 17.4. The van der Waals surface area contributed by atoms with Crippen LogP contribution in [0.3, 0.4) is 0 Å². The van der Waals surface area contributed by atoms with Gasteiger partial charge in [0.05, 0.1) is 7.11 Å². The van der Waals surface area contributed by atoms with Crippen LogP contribution in [-0.4, -0.2) is 13.1 Å². The third-order valence-corrected chi connectivity index (χ3v) is 5.34. The Kier molecular flexibility index (Phi) is 14.5. The third-order valence-electron chi connectivity index (χ3n) is 5.34. The molecule has 0 aromatic carbocycles. The quantitative estimate of drug-likeness (QED) is 0.299. The standard InChI is InChI=1S/C22H44O2/c1-18(2)10-7-11-19(3)12-8-13-20(4)14-9-15-21(5)16-17-22(23)24-6/h18-21H,7-17H2,1-6H3. The number of carbonyl (C=O) groups is 1. The highest BCUT2D eigenvalue weighted by molar-refractivity contribution is 5.69. The van der Waals surface area contributed by atoms with Crippen LogP contribution in [0.25, 0.3) is 0 Å². The fraction of sp³-hybridized carbons (Fsp3) is 0.955. The molecule has 0 aliphatic rings. The Hall–Kier alpha value is -0.530. The number of hydrogen-bond acceptors (Lipinski definition) is 2. The average Bonchev–Trinajstić information content (AvgIpc) is 2.52. The molecule has 0 heterocycles. The van der Waals surface area contributed by atoms with Gasteiger partial charge in [0.25, 0.3) is 0 Å². The molecule has 0 rings (SSSR count). The van der Waals surface area contributed by atoms with Crippen molar-refractivity contribution < 1.29 is 9.53 Å². The molecule has 0 aliphatic heterocycles. The molecular weight excluding hydrogens is 296 g/mol. The van der Waals surface area contributed by atoms with Crippen molar-refractivity contribution in [3.63, 3.8) is 0 Å². The Morgan fingerprint density at radius 2 is 1.04 bits per heavy atom. The number of esters is 1. The van der Waals surface area contributed by atoms with E-state index < -0.39 is 0 Å². The lowest BCUT2D eigenvalue weighted by Gasteiger charge is -2.16. The second-order valence-corrected chi connectivity index (χ2v) is 8.62. The first kappa shape index (κ1) is 23.5. The van der Waals surface area contributed by atoms with Crippen LogP contribution in [-0.2, 0) is 9.53 Å². The van der Waals surface area contributed by atoms with Crippen molar-refractivity contribution in [1.29, 1.82) is 0 Å². The van der Waals surface area contributed by atoms with Gasteiger partial charge < -0.3 is 4.74 Å². The van der Waals surface area contributed by atoms with Crippen LogP contribution in [0.5, 0.6) is 0 Å². The molecule has 0 saturated carbocycles. The van der Waals surface area contributed by atoms with E-state index in [1.165, 1.54) is 64.9 Å². The largest absolute Gasteiger partial charge is 0.469 e. The van der Waals surface area contributed by atoms with Crippen molar-refractivity contribution in [2.24, 2.45) is 23.7 Å². The summed E-state index contributed by atoms with van der Waals surface area (Å²) >= 11 is 0. The van der Waals surface area contributed by atoms with Crippen LogP contribution in [0.4, 0.5) is 0 Å². The summed E-state index contributed by atoms with van der Waals surface area (Å²) < 4.78 is 4.70. The number of hydrogen-bond donors (Lipinski definition) is 0. The smallest absolute Gasteiger partial charge is 0.305 e. The topological polar surface area (TPSA) is 26.3 Å². The van der Waals surface area contributed by atoms with Crippen molar-refractivity contribution in [3.05, 3.63) is 0 Å². The van der Waals surface area contributed by atoms with Gasteiger partial charge in [0.2, 0.25) is 0 Å². The Morgan fingerprint density at radius 1 is 0.667 bits per heavy atom. The molecule has 144 valence electrons. The van der Waals surface area contributed by atoms with Gasteiger partial charge in [-0.25, -0.2) is 0 Å². The van der Waals surface area contributed by atoms with Crippen molar-refractivity contribution in [3.8, 4) is 0 Å². The molecule has 0 bridgehead atoms. The van der Waals surface area contributed by atoms with Gasteiger partial charge >= 0.3 is 5.97 Å². The highest BCUT2D eigenvalue weighted by atomic mass is 16.5. The minimum absolute atomic E-state index is 0.0715. The highest BCUT2D eigenvalue weighted by Gasteiger charge is 2.09. The lowest BCUT2D eigenvalue weighted by molar-refractivity contribution is -0.140. The van der Waals surface area contributed by atoms with Gasteiger partial charge in [-0.05, 0) is 30.1 Å². The maximum Gasteiger partial charge on any atom is 0.305 e. The lowest BCUT2D eigenvalue weighted by Crippen LogP contribution is -2.05. The van der Waals surface area contributed by atoms with E-state index in [0.717, 1.165) is 24.2 Å². The maximum absolute atomic E-state index is 11.1. The number of ether oxygens (including phenoxy) is 1. The summed E-state index contributed by atoms with van der Waals surface area (Å²) in [5.74, 6) is 3.16. The molecule has 0 N–H and O–H groups in total. The monoisotopic (exact) mass is 340 g/mol. The number of methoxy groups -OCH3 is 1. The molecule has 0 spiro atoms. The summed E-state index contributed by atoms with van der Waals surface area (Å²) in [7, 11) is 1.47. The number of carbonyl (C=O) groups excluding carboxylic acids is 1. The molecule has 3 unspecified atom stereocenters. The first-order chi connectivity index (χ1) is 11.3. The van der Waals surface area contributed by atoms with Crippen molar-refractivity contribution in [2.75, 3.05) is 7.11 Å². The van der Waals surface area contributed by atoms with Crippen LogP contribution in [0.15, 0.2) is 0 Å². The minimum Gasteiger partial charge on any atom is -0.469 e. The van der Waals surface area contributed by atoms with Crippen LogP contribution in [0.1, 0.15) is 105 Å². The Bertz CT molecular complexity index is 298. The lowest BCUT2D eigenvalue weighted by atomic mass is 9.90. The summed E-state index contributed by atoms with van der Waals surface area (Å²) in [6.07, 6.45) is 13.8. The summed E-state index contributed by atoms with van der Waals surface area (Å²) in [6.45, 7) is 11.7. The van der Waals surface area contributed by atoms with Gasteiger partial charge in [-0.2, -0.15) is 0 Å². The Balaban J connectivity index is 3.55. The van der Waals surface area contributed by atoms with Crippen molar-refractivity contribution in [2.45, 2.75) is 105 Å². The summed E-state index contributed by atoms with van der Waals surface area (Å²) in [5, 5.41) is 0. The van der Waals surface area contributed by atoms with Gasteiger partial charge in [-0.15, -0.1) is 0 Å². The van der Waals surface area contributed by atoms with E-state index in [0.29, 0.717) is 12.3 Å². The van der Waals surface area contributed by atoms with E-state index in [-0.39, 0.29) is 5.97 Å². The molecule has 3 atom stereocenters. The van der Waals surface area contributed by atoms with E-state index in [1.54, 1.807) is 0 Å². The third kappa shape index (κ3) is 15.0. The van der Waals surface area contributed by atoms with Crippen LogP contribution in [0.2, 0.25) is 0 Å². The SMILES string of the molecule is COC(=O)CCC(C)CCCC(C)CCCC(C)CCCC(C)C. The first-order valence-electron chi connectivity index (χ1n) is 10.4. The van der Waals surface area contributed by atoms with E-state index >= 15 is 0 Å². The predicted molar refractivity (Wildman–Crippen MR) is 105 cm³/mol. The first-order valence-corrected chi connectivity index (χ1v) is 10.4. The second-order valence-electron chi connectivity index (χ2n) is 8.62. The molecular formula is C22H44O2. The summed E-state index contributed by atoms with van der Waals surface area (Å²) in [6, 6.07) is 0. The van der Waals surface area contributed by atoms with Gasteiger partial charge in [-0.1, -0.05) is 92.4 Å². The van der Waals surface area contributed by atoms with Crippen LogP contribution in [0, 0.1) is 23.7 Å². The van der Waals surface area contributed by atoms with E-state index in [4.69, 9.17) is 4.74 Å². The van der Waals surface area contributed by atoms with Crippen LogP contribution < -0.4 is 0 Å². The summed E-state index contributed by atoms with van der Waals surface area (Å²) in [5.41, 5.74) is 0. The van der Waals surface area contributed by atoms with Gasteiger partial charge in [0.1, 0.15) is 0 Å². The average molecular weight is 341 g/mol. The molecule has 0 amide bonds. The second kappa shape index (κ2) is 14.8. The molecule has 2 nitrogen and oxygen atoms in total. The fourth-order valence-corrected chi connectivity index (χ4v) is 3.40. The van der Waals surface area contributed by atoms with E-state index in [2.05, 4.69) is 34.6 Å². The molecule has 0 aromatic rings. The molecule has 0 radical (unpaired) electrons. The summed E-state index contributed by atoms with van der Waals surface area (Å²) in [4.78, 5) is 11.1. The zero-order chi connectivity index (χ0) is 18.4. The van der Waals surface area contributed by atoms with Gasteiger partial charge in [0, 0.05) is 6.42 Å². The fourth-order valence-electron chi connectivity index (χ4n) is 3.40. The van der Waals surface area contributed by atoms with Crippen molar-refractivity contribution >= 4 is 5.97 Å². The Labute approximate surface area is 152 Å². The van der Waals surface area contributed by atoms with E-state index in [9.17, 15) is 4.79 Å². The highest BCUT2D eigenvalue weighted by Crippen LogP contribution is 2.23. The molecule has 0 aliphatic carbocycles. The maximum atomic E-state index is 11.1. The zero-order valence-corrected chi connectivity index (χ0v) is 17.4. The predicted octanol–water partition coefficient (Wildman–Crippen LogP) is 7.01. The normalized spacial score (nSPS) is 15.3. The Morgan fingerprint density at radius 3 is 1.42 bits per heavy atom. The van der Waals surface area contributed by atoms with Gasteiger partial charge in [-0.3, -0.25) is 4.79 Å². The molecule has 24 heavy (non-hydrogen) atoms. The van der Waals surface area contributed by atoms with Gasteiger partial charge in [0.15, 0.2) is 0 Å². The minimum atomic E-state index is -0.0715. The molecule has 0 saturated heterocycles. The van der Waals surface area contributed by atoms with Crippen LogP contribution >= 0.6 is 0 Å². The molecule has 0 aromatic heterocycles. The number of rotatable bonds is 15. The van der Waals surface area contributed by atoms with E-state index in [1.807, 2.05) is 0 Å². The molecule has 0 fully saturated rings. The molecule has 2 heteroatoms.